The molecule has 7 nitrogen and oxygen atoms in total. The molecule has 0 saturated heterocycles. The molecule has 0 radical (unpaired) electrons. The quantitative estimate of drug-likeness (QED) is 0.141. The zero-order valence-corrected chi connectivity index (χ0v) is 18.8. The van der Waals surface area contributed by atoms with Gasteiger partial charge in [-0.15, -0.1) is 0 Å². The van der Waals surface area contributed by atoms with Crippen LogP contribution in [0.25, 0.3) is 0 Å². The van der Waals surface area contributed by atoms with E-state index in [1.165, 1.54) is 44.9 Å². The van der Waals surface area contributed by atoms with Gasteiger partial charge in [0.1, 0.15) is 0 Å². The van der Waals surface area contributed by atoms with Crippen LogP contribution in [0.1, 0.15) is 97.3 Å². The van der Waals surface area contributed by atoms with Crippen LogP contribution < -0.4 is 0 Å². The van der Waals surface area contributed by atoms with Crippen molar-refractivity contribution in [2.24, 2.45) is 0 Å². The first-order valence-electron chi connectivity index (χ1n) is 10.8. The molecule has 1 N–H and O–H groups in total. The van der Waals surface area contributed by atoms with E-state index in [1.54, 1.807) is 6.08 Å². The minimum atomic E-state index is -4.76. The minimum Gasteiger partial charge on any atom is -0.465 e. The van der Waals surface area contributed by atoms with Crippen LogP contribution >= 0.6 is 0 Å². The number of ether oxygens (including phenoxy) is 2. The molecule has 0 aromatic carbocycles. The molecule has 0 fully saturated rings. The Labute approximate surface area is 176 Å². The van der Waals surface area contributed by atoms with Crippen LogP contribution in [0.3, 0.4) is 0 Å². The lowest BCUT2D eigenvalue weighted by atomic mass is 10.1. The molecular weight excluding hydrogens is 396 g/mol. The maximum absolute atomic E-state index is 12.0. The third-order valence-corrected chi connectivity index (χ3v) is 5.58. The molecule has 0 amide bonds. The smallest absolute Gasteiger partial charge is 0.327 e. The molecule has 0 saturated carbocycles. The van der Waals surface area contributed by atoms with Crippen LogP contribution in [0.2, 0.25) is 0 Å². The van der Waals surface area contributed by atoms with Crippen molar-refractivity contribution in [3.8, 4) is 0 Å². The van der Waals surface area contributed by atoms with E-state index in [9.17, 15) is 22.6 Å². The lowest BCUT2D eigenvalue weighted by Crippen LogP contribution is -2.34. The SMILES string of the molecule is CC/C=C/OC(=O)CC(C(=O)OCCCCCCCCCCCCC)S(=O)(=O)O. The normalized spacial score (nSPS) is 12.8. The monoisotopic (exact) mass is 434 g/mol. The van der Waals surface area contributed by atoms with E-state index < -0.39 is 33.7 Å². The number of allylic oxidation sites excluding steroid dienone is 1. The number of unbranched alkanes of at least 4 members (excludes halogenated alkanes) is 10. The van der Waals surface area contributed by atoms with E-state index >= 15 is 0 Å². The van der Waals surface area contributed by atoms with Crippen LogP contribution in [0.5, 0.6) is 0 Å². The third kappa shape index (κ3) is 16.1. The zero-order chi connectivity index (χ0) is 22.0. The Hall–Kier alpha value is -1.41. The Morgan fingerprint density at radius 3 is 1.90 bits per heavy atom. The summed E-state index contributed by atoms with van der Waals surface area (Å²) < 4.78 is 41.6. The summed E-state index contributed by atoms with van der Waals surface area (Å²) in [5, 5.41) is -1.96. The molecule has 1 unspecified atom stereocenters. The molecule has 29 heavy (non-hydrogen) atoms. The first-order chi connectivity index (χ1) is 13.8. The van der Waals surface area contributed by atoms with Crippen molar-refractivity contribution in [3.63, 3.8) is 0 Å². The molecule has 0 spiro atoms. The van der Waals surface area contributed by atoms with E-state index in [4.69, 9.17) is 4.74 Å². The predicted molar refractivity (Wildman–Crippen MR) is 113 cm³/mol. The summed E-state index contributed by atoms with van der Waals surface area (Å²) in [6.45, 7) is 4.10. The van der Waals surface area contributed by atoms with Gasteiger partial charge < -0.3 is 9.47 Å². The first kappa shape index (κ1) is 27.6. The molecule has 0 heterocycles. The van der Waals surface area contributed by atoms with Gasteiger partial charge >= 0.3 is 11.9 Å². The van der Waals surface area contributed by atoms with Crippen LogP contribution in [0.15, 0.2) is 12.3 Å². The fraction of sp³-hybridized carbons (Fsp3) is 0.810. The zero-order valence-electron chi connectivity index (χ0n) is 17.9. The Morgan fingerprint density at radius 1 is 0.897 bits per heavy atom. The second-order valence-corrected chi connectivity index (χ2v) is 8.78. The number of carbonyl (C=O) groups is 2. The van der Waals surface area contributed by atoms with Gasteiger partial charge in [-0.1, -0.05) is 78.1 Å². The molecule has 0 aliphatic carbocycles. The topological polar surface area (TPSA) is 107 Å². The van der Waals surface area contributed by atoms with Gasteiger partial charge in [0.2, 0.25) is 0 Å². The van der Waals surface area contributed by atoms with Gasteiger partial charge in [0, 0.05) is 0 Å². The summed E-state index contributed by atoms with van der Waals surface area (Å²) in [5.41, 5.74) is 0. The second kappa shape index (κ2) is 17.4. The Morgan fingerprint density at radius 2 is 1.41 bits per heavy atom. The van der Waals surface area contributed by atoms with Gasteiger partial charge in [-0.3, -0.25) is 14.1 Å². The number of rotatable bonds is 18. The number of carbonyl (C=O) groups excluding carboxylic acids is 2. The summed E-state index contributed by atoms with van der Waals surface area (Å²) in [6, 6.07) is 0. The third-order valence-electron chi connectivity index (χ3n) is 4.50. The van der Waals surface area contributed by atoms with Crippen molar-refractivity contribution < 1.29 is 32.0 Å². The molecule has 0 aliphatic rings. The van der Waals surface area contributed by atoms with Crippen molar-refractivity contribution in [2.45, 2.75) is 103 Å². The van der Waals surface area contributed by atoms with Crippen molar-refractivity contribution in [1.82, 2.24) is 0 Å². The molecule has 170 valence electrons. The van der Waals surface area contributed by atoms with Crippen molar-refractivity contribution >= 4 is 22.1 Å². The largest absolute Gasteiger partial charge is 0.465 e. The molecule has 1 atom stereocenters. The number of hydrogen-bond donors (Lipinski definition) is 1. The molecule has 0 bridgehead atoms. The van der Waals surface area contributed by atoms with E-state index in [2.05, 4.69) is 11.7 Å². The van der Waals surface area contributed by atoms with Crippen molar-refractivity contribution in [3.05, 3.63) is 12.3 Å². The molecular formula is C21H38O7S. The Balaban J connectivity index is 3.97. The Bertz CT molecular complexity index is 570. The van der Waals surface area contributed by atoms with Crippen molar-refractivity contribution in [2.75, 3.05) is 6.61 Å². The van der Waals surface area contributed by atoms with Gasteiger partial charge in [-0.2, -0.15) is 8.42 Å². The maximum atomic E-state index is 12.0. The van der Waals surface area contributed by atoms with Gasteiger partial charge in [0.25, 0.3) is 10.1 Å². The fourth-order valence-electron chi connectivity index (χ4n) is 2.76. The van der Waals surface area contributed by atoms with Crippen LogP contribution in [-0.4, -0.2) is 36.8 Å². The predicted octanol–water partition coefficient (Wildman–Crippen LogP) is 4.95. The fourth-order valence-corrected chi connectivity index (χ4v) is 3.42. The molecule has 0 aromatic heterocycles. The van der Waals surface area contributed by atoms with Crippen LogP contribution in [-0.2, 0) is 29.2 Å². The standard InChI is InChI=1S/C21H38O7S/c1-3-5-7-8-9-10-11-12-13-14-15-17-28-21(23)19(29(24,25)26)18-20(22)27-16-6-4-2/h6,16,19H,3-5,7-15,17-18H2,1-2H3,(H,24,25,26)/b16-6+. The number of hydrogen-bond acceptors (Lipinski definition) is 6. The first-order valence-corrected chi connectivity index (χ1v) is 12.3. The molecule has 0 aromatic rings. The molecule has 0 rings (SSSR count). The molecule has 0 aliphatic heterocycles. The maximum Gasteiger partial charge on any atom is 0.327 e. The highest BCUT2D eigenvalue weighted by atomic mass is 32.2. The summed E-state index contributed by atoms with van der Waals surface area (Å²) in [5.74, 6) is -2.06. The summed E-state index contributed by atoms with van der Waals surface area (Å²) in [6.07, 6.45) is 15.1. The summed E-state index contributed by atoms with van der Waals surface area (Å²) >= 11 is 0. The van der Waals surface area contributed by atoms with E-state index in [-0.39, 0.29) is 6.61 Å². The van der Waals surface area contributed by atoms with E-state index in [0.29, 0.717) is 12.8 Å². The van der Waals surface area contributed by atoms with Crippen molar-refractivity contribution in [1.29, 1.82) is 0 Å². The summed E-state index contributed by atoms with van der Waals surface area (Å²) in [7, 11) is -4.76. The van der Waals surface area contributed by atoms with Gasteiger partial charge in [-0.05, 0) is 18.9 Å². The van der Waals surface area contributed by atoms with E-state index in [0.717, 1.165) is 25.5 Å². The average Bonchev–Trinajstić information content (AvgIpc) is 2.66. The molecule has 8 heteroatoms. The van der Waals surface area contributed by atoms with Crippen LogP contribution in [0, 0.1) is 0 Å². The van der Waals surface area contributed by atoms with Gasteiger partial charge in [-0.25, -0.2) is 0 Å². The average molecular weight is 435 g/mol. The summed E-state index contributed by atoms with van der Waals surface area (Å²) in [4.78, 5) is 23.5. The van der Waals surface area contributed by atoms with Gasteiger partial charge in [0.15, 0.2) is 5.25 Å². The Kier molecular flexibility index (Phi) is 16.6. The van der Waals surface area contributed by atoms with Crippen LogP contribution in [0.4, 0.5) is 0 Å². The highest BCUT2D eigenvalue weighted by Crippen LogP contribution is 2.12. The highest BCUT2D eigenvalue weighted by Gasteiger charge is 2.35. The highest BCUT2D eigenvalue weighted by molar-refractivity contribution is 7.87. The lowest BCUT2D eigenvalue weighted by molar-refractivity contribution is -0.147. The lowest BCUT2D eigenvalue weighted by Gasteiger charge is -2.12. The van der Waals surface area contributed by atoms with Gasteiger partial charge in [0.05, 0.1) is 19.3 Å². The minimum absolute atomic E-state index is 0.0622. The number of esters is 2. The second-order valence-electron chi connectivity index (χ2n) is 7.18. The van der Waals surface area contributed by atoms with E-state index in [1.807, 2.05) is 6.92 Å².